The van der Waals surface area contributed by atoms with Gasteiger partial charge < -0.3 is 23.8 Å². The van der Waals surface area contributed by atoms with Gasteiger partial charge in [-0.25, -0.2) is 0 Å². The molecule has 170 valence electrons. The summed E-state index contributed by atoms with van der Waals surface area (Å²) in [5.41, 5.74) is 2.67. The van der Waals surface area contributed by atoms with Gasteiger partial charge in [-0.2, -0.15) is 0 Å². The number of methoxy groups -OCH3 is 3. The van der Waals surface area contributed by atoms with E-state index in [1.165, 1.54) is 6.42 Å². The first-order valence-electron chi connectivity index (χ1n) is 10.9. The smallest absolute Gasteiger partial charge is 0.167 e. The third-order valence-corrected chi connectivity index (χ3v) is 6.07. The van der Waals surface area contributed by atoms with Crippen LogP contribution in [0.2, 0.25) is 0 Å². The van der Waals surface area contributed by atoms with E-state index < -0.39 is 0 Å². The fourth-order valence-corrected chi connectivity index (χ4v) is 4.29. The lowest BCUT2D eigenvalue weighted by Gasteiger charge is -2.28. The zero-order valence-corrected chi connectivity index (χ0v) is 18.8. The molecule has 1 saturated heterocycles. The van der Waals surface area contributed by atoms with Crippen molar-refractivity contribution in [2.75, 3.05) is 27.9 Å². The van der Waals surface area contributed by atoms with Crippen LogP contribution in [-0.2, 0) is 6.54 Å². The molecule has 2 heterocycles. The summed E-state index contributed by atoms with van der Waals surface area (Å²) < 4.78 is 21.7. The van der Waals surface area contributed by atoms with E-state index in [9.17, 15) is 5.11 Å². The van der Waals surface area contributed by atoms with Crippen molar-refractivity contribution >= 4 is 0 Å². The molecule has 7 heteroatoms. The lowest BCUT2D eigenvalue weighted by atomic mass is 10.0. The van der Waals surface area contributed by atoms with Gasteiger partial charge in [0.2, 0.25) is 0 Å². The number of phenolic OH excluding ortho intramolecular Hbond substituents is 1. The lowest BCUT2D eigenvalue weighted by Crippen LogP contribution is -2.28. The number of hydrogen-bond donors (Lipinski definition) is 1. The molecule has 3 aromatic rings. The molecule has 0 radical (unpaired) electrons. The maximum absolute atomic E-state index is 10.5. The van der Waals surface area contributed by atoms with Crippen LogP contribution in [0, 0.1) is 0 Å². The number of aromatic hydroxyl groups is 1. The van der Waals surface area contributed by atoms with E-state index in [-0.39, 0.29) is 11.8 Å². The fraction of sp³-hybridized carbons (Fsp3) is 0.400. The van der Waals surface area contributed by atoms with Gasteiger partial charge in [0.25, 0.3) is 0 Å². The highest BCUT2D eigenvalue weighted by atomic mass is 16.5. The van der Waals surface area contributed by atoms with Gasteiger partial charge in [-0.3, -0.25) is 4.90 Å². The van der Waals surface area contributed by atoms with Gasteiger partial charge in [-0.1, -0.05) is 24.1 Å². The maximum Gasteiger partial charge on any atom is 0.167 e. The molecular formula is C25H30N2O5. The van der Waals surface area contributed by atoms with Crippen molar-refractivity contribution in [2.24, 2.45) is 0 Å². The van der Waals surface area contributed by atoms with Gasteiger partial charge >= 0.3 is 0 Å². The predicted octanol–water partition coefficient (Wildman–Crippen LogP) is 5.19. The third-order valence-electron chi connectivity index (χ3n) is 6.07. The van der Waals surface area contributed by atoms with Crippen LogP contribution in [0.1, 0.15) is 43.0 Å². The van der Waals surface area contributed by atoms with Crippen LogP contribution in [0.25, 0.3) is 11.3 Å². The Bertz CT molecular complexity index is 1050. The van der Waals surface area contributed by atoms with Crippen molar-refractivity contribution in [1.82, 2.24) is 10.1 Å². The van der Waals surface area contributed by atoms with Crippen LogP contribution >= 0.6 is 0 Å². The molecule has 4 rings (SSSR count). The second-order valence-electron chi connectivity index (χ2n) is 8.02. The number of nitrogens with zero attached hydrogens (tertiary/aromatic N) is 2. The normalized spacial score (nSPS) is 17.0. The number of ether oxygens (including phenoxy) is 3. The standard InChI is InChI=1S/C25H30N2O5/c1-29-19-10-8-18(22(28)14-19)16-27-12-6-4-5-7-21(27)20-15-24(32-26-20)17-9-11-23(30-2)25(13-17)31-3/h8-11,13-15,21,28H,4-7,12,16H2,1-3H3/t21-/m1/s1. The van der Waals surface area contributed by atoms with Gasteiger partial charge in [0.1, 0.15) is 17.2 Å². The van der Waals surface area contributed by atoms with E-state index in [0.29, 0.717) is 29.6 Å². The van der Waals surface area contributed by atoms with E-state index in [1.807, 2.05) is 36.4 Å². The first-order valence-corrected chi connectivity index (χ1v) is 10.9. The summed E-state index contributed by atoms with van der Waals surface area (Å²) in [4.78, 5) is 2.38. The molecule has 0 bridgehead atoms. The maximum atomic E-state index is 10.5. The summed E-state index contributed by atoms with van der Waals surface area (Å²) in [6.45, 7) is 1.58. The minimum absolute atomic E-state index is 0.122. The number of rotatable bonds is 7. The lowest BCUT2D eigenvalue weighted by molar-refractivity contribution is 0.182. The summed E-state index contributed by atoms with van der Waals surface area (Å²) in [6, 6.07) is 13.3. The largest absolute Gasteiger partial charge is 0.507 e. The molecule has 0 amide bonds. The van der Waals surface area contributed by atoms with Crippen molar-refractivity contribution < 1.29 is 23.8 Å². The SMILES string of the molecule is COc1ccc(CN2CCCCC[C@@H]2c2cc(-c3ccc(OC)c(OC)c3)on2)c(O)c1. The van der Waals surface area contributed by atoms with E-state index in [1.54, 1.807) is 27.4 Å². The first kappa shape index (κ1) is 22.0. The third kappa shape index (κ3) is 4.67. The summed E-state index contributed by atoms with van der Waals surface area (Å²) >= 11 is 0. The van der Waals surface area contributed by atoms with E-state index in [0.717, 1.165) is 42.6 Å². The highest BCUT2D eigenvalue weighted by Gasteiger charge is 2.27. The highest BCUT2D eigenvalue weighted by Crippen LogP contribution is 2.37. The van der Waals surface area contributed by atoms with E-state index in [4.69, 9.17) is 18.7 Å². The van der Waals surface area contributed by atoms with Gasteiger partial charge in [-0.05, 0) is 43.7 Å². The predicted molar refractivity (Wildman–Crippen MR) is 121 cm³/mol. The second-order valence-corrected chi connectivity index (χ2v) is 8.02. The number of aromatic nitrogens is 1. The second kappa shape index (κ2) is 9.96. The molecule has 1 atom stereocenters. The summed E-state index contributed by atoms with van der Waals surface area (Å²) in [7, 11) is 4.83. The van der Waals surface area contributed by atoms with Gasteiger partial charge in [0, 0.05) is 29.8 Å². The monoisotopic (exact) mass is 438 g/mol. The van der Waals surface area contributed by atoms with Crippen LogP contribution in [-0.4, -0.2) is 43.0 Å². The van der Waals surface area contributed by atoms with Gasteiger partial charge in [0.05, 0.1) is 27.4 Å². The average Bonchev–Trinajstić information content (AvgIpc) is 3.20. The Labute approximate surface area is 188 Å². The minimum Gasteiger partial charge on any atom is -0.507 e. The van der Waals surface area contributed by atoms with Crippen molar-refractivity contribution in [2.45, 2.75) is 38.3 Å². The Balaban J connectivity index is 1.59. The van der Waals surface area contributed by atoms with E-state index in [2.05, 4.69) is 10.1 Å². The van der Waals surface area contributed by atoms with Crippen LogP contribution in [0.5, 0.6) is 23.0 Å². The quantitative estimate of drug-likeness (QED) is 0.544. The van der Waals surface area contributed by atoms with Gasteiger partial charge in [-0.15, -0.1) is 0 Å². The zero-order chi connectivity index (χ0) is 22.5. The Morgan fingerprint density at radius 2 is 1.81 bits per heavy atom. The Hall–Kier alpha value is -3.19. The molecular weight excluding hydrogens is 408 g/mol. The van der Waals surface area contributed by atoms with E-state index >= 15 is 0 Å². The Kier molecular flexibility index (Phi) is 6.85. The molecule has 2 aromatic carbocycles. The number of hydrogen-bond acceptors (Lipinski definition) is 7. The molecule has 1 aliphatic rings. The van der Waals surface area contributed by atoms with Crippen LogP contribution in [0.3, 0.4) is 0 Å². The molecule has 32 heavy (non-hydrogen) atoms. The highest BCUT2D eigenvalue weighted by molar-refractivity contribution is 5.62. The zero-order valence-electron chi connectivity index (χ0n) is 18.8. The van der Waals surface area contributed by atoms with Gasteiger partial charge in [0.15, 0.2) is 17.3 Å². The molecule has 1 aliphatic heterocycles. The minimum atomic E-state index is 0.122. The van der Waals surface area contributed by atoms with Crippen LogP contribution < -0.4 is 14.2 Å². The number of likely N-dealkylation sites (tertiary alicyclic amines) is 1. The van der Waals surface area contributed by atoms with Crippen molar-refractivity contribution in [1.29, 1.82) is 0 Å². The molecule has 0 spiro atoms. The Morgan fingerprint density at radius 3 is 2.56 bits per heavy atom. The van der Waals surface area contributed by atoms with Crippen LogP contribution in [0.4, 0.5) is 0 Å². The molecule has 0 unspecified atom stereocenters. The topological polar surface area (TPSA) is 77.2 Å². The molecule has 1 fully saturated rings. The summed E-state index contributed by atoms with van der Waals surface area (Å²) in [5.74, 6) is 2.91. The average molecular weight is 439 g/mol. The number of benzene rings is 2. The molecule has 7 nitrogen and oxygen atoms in total. The molecule has 1 aromatic heterocycles. The first-order chi connectivity index (χ1) is 15.6. The fourth-order valence-electron chi connectivity index (χ4n) is 4.29. The summed E-state index contributed by atoms with van der Waals surface area (Å²) in [5, 5.41) is 14.9. The Morgan fingerprint density at radius 1 is 0.969 bits per heavy atom. The van der Waals surface area contributed by atoms with Crippen molar-refractivity contribution in [3.63, 3.8) is 0 Å². The van der Waals surface area contributed by atoms with Crippen LogP contribution in [0.15, 0.2) is 47.0 Å². The molecule has 0 saturated carbocycles. The summed E-state index contributed by atoms with van der Waals surface area (Å²) in [6.07, 6.45) is 4.43. The van der Waals surface area contributed by atoms with Crippen molar-refractivity contribution in [3.8, 4) is 34.3 Å². The number of phenols is 1. The van der Waals surface area contributed by atoms with Crippen molar-refractivity contribution in [3.05, 3.63) is 53.7 Å². The molecule has 0 aliphatic carbocycles. The molecule has 1 N–H and O–H groups in total.